The van der Waals surface area contributed by atoms with Crippen molar-refractivity contribution in [3.05, 3.63) is 65.7 Å². The number of aromatic carboxylic acids is 2. The monoisotopic (exact) mass is 392 g/mol. The standard InChI is InChI=1S/C19H12N4O4S/c24-18(25)12-7-3-1-5-10(12)15-9-14(17-20-22-23-21-17)16(28-15)11-6-2-4-8-13(11)19(26)27/h1-9H,(H,24,25)(H,26,27)(H,20,21,22,23). The van der Waals surface area contributed by atoms with Crippen molar-refractivity contribution < 1.29 is 19.8 Å². The van der Waals surface area contributed by atoms with Gasteiger partial charge in [0.15, 0.2) is 5.82 Å². The number of aromatic amines is 1. The highest BCUT2D eigenvalue weighted by Crippen LogP contribution is 2.44. The minimum Gasteiger partial charge on any atom is -0.478 e. The molecule has 28 heavy (non-hydrogen) atoms. The molecule has 0 aliphatic heterocycles. The van der Waals surface area contributed by atoms with Crippen molar-refractivity contribution in [2.45, 2.75) is 0 Å². The number of nitrogens with zero attached hydrogens (tertiary/aromatic N) is 3. The summed E-state index contributed by atoms with van der Waals surface area (Å²) < 4.78 is 0. The van der Waals surface area contributed by atoms with Crippen LogP contribution in [0.4, 0.5) is 0 Å². The molecular formula is C19H12N4O4S. The SMILES string of the molecule is O=C(O)c1ccccc1-c1cc(-c2nnn[nH]2)c(-c2ccccc2C(=O)O)s1. The molecule has 0 saturated heterocycles. The highest BCUT2D eigenvalue weighted by molar-refractivity contribution is 7.19. The largest absolute Gasteiger partial charge is 0.478 e. The van der Waals surface area contributed by atoms with Crippen LogP contribution < -0.4 is 0 Å². The van der Waals surface area contributed by atoms with Gasteiger partial charge in [-0.1, -0.05) is 36.4 Å². The number of tetrazole rings is 1. The van der Waals surface area contributed by atoms with Crippen LogP contribution in [0, 0.1) is 0 Å². The van der Waals surface area contributed by atoms with Crippen molar-refractivity contribution in [1.29, 1.82) is 0 Å². The molecule has 2 aromatic carbocycles. The van der Waals surface area contributed by atoms with Crippen LogP contribution in [0.2, 0.25) is 0 Å². The number of thiophene rings is 1. The van der Waals surface area contributed by atoms with E-state index in [-0.39, 0.29) is 11.1 Å². The predicted octanol–water partition coefficient (Wildman–Crippen LogP) is 3.66. The Labute approximate surface area is 162 Å². The summed E-state index contributed by atoms with van der Waals surface area (Å²) in [6.45, 7) is 0. The Morgan fingerprint density at radius 1 is 0.857 bits per heavy atom. The lowest BCUT2D eigenvalue weighted by atomic mass is 10.0. The van der Waals surface area contributed by atoms with Gasteiger partial charge in [0.05, 0.1) is 11.1 Å². The summed E-state index contributed by atoms with van der Waals surface area (Å²) in [6.07, 6.45) is 0. The summed E-state index contributed by atoms with van der Waals surface area (Å²) >= 11 is 1.28. The molecule has 0 aliphatic carbocycles. The van der Waals surface area contributed by atoms with E-state index in [9.17, 15) is 19.8 Å². The van der Waals surface area contributed by atoms with Crippen molar-refractivity contribution in [1.82, 2.24) is 20.6 Å². The summed E-state index contributed by atoms with van der Waals surface area (Å²) in [5.41, 5.74) is 1.93. The lowest BCUT2D eigenvalue weighted by molar-refractivity contribution is 0.0687. The fourth-order valence-electron chi connectivity index (χ4n) is 2.93. The maximum Gasteiger partial charge on any atom is 0.336 e. The van der Waals surface area contributed by atoms with Gasteiger partial charge in [-0.2, -0.15) is 0 Å². The van der Waals surface area contributed by atoms with Crippen LogP contribution in [-0.4, -0.2) is 42.8 Å². The first kappa shape index (κ1) is 17.6. The average Bonchev–Trinajstić information content (AvgIpc) is 3.37. The molecule has 8 nitrogen and oxygen atoms in total. The first-order chi connectivity index (χ1) is 13.6. The number of aromatic nitrogens is 4. The summed E-state index contributed by atoms with van der Waals surface area (Å²) in [5.74, 6) is -1.73. The van der Waals surface area contributed by atoms with E-state index in [1.54, 1.807) is 42.5 Å². The second-order valence-electron chi connectivity index (χ2n) is 5.80. The lowest BCUT2D eigenvalue weighted by Crippen LogP contribution is -1.98. The van der Waals surface area contributed by atoms with E-state index in [4.69, 9.17) is 0 Å². The van der Waals surface area contributed by atoms with E-state index < -0.39 is 11.9 Å². The molecule has 2 heterocycles. The van der Waals surface area contributed by atoms with Crippen molar-refractivity contribution >= 4 is 23.3 Å². The molecule has 0 fully saturated rings. The van der Waals surface area contributed by atoms with Gasteiger partial charge in [0, 0.05) is 26.4 Å². The van der Waals surface area contributed by atoms with Gasteiger partial charge in [0.25, 0.3) is 0 Å². The maximum absolute atomic E-state index is 11.7. The van der Waals surface area contributed by atoms with E-state index in [0.29, 0.717) is 32.3 Å². The van der Waals surface area contributed by atoms with Gasteiger partial charge >= 0.3 is 11.9 Å². The fourth-order valence-corrected chi connectivity index (χ4v) is 4.16. The number of benzene rings is 2. The molecule has 4 aromatic rings. The molecule has 0 atom stereocenters. The molecule has 0 unspecified atom stereocenters. The van der Waals surface area contributed by atoms with Crippen LogP contribution >= 0.6 is 11.3 Å². The van der Waals surface area contributed by atoms with Crippen LogP contribution in [0.25, 0.3) is 32.3 Å². The zero-order valence-corrected chi connectivity index (χ0v) is 15.0. The van der Waals surface area contributed by atoms with Crippen molar-refractivity contribution in [2.75, 3.05) is 0 Å². The molecule has 0 amide bonds. The molecule has 138 valence electrons. The first-order valence-electron chi connectivity index (χ1n) is 8.09. The Kier molecular flexibility index (Phi) is 4.42. The highest BCUT2D eigenvalue weighted by Gasteiger charge is 2.22. The molecule has 9 heteroatoms. The quantitative estimate of drug-likeness (QED) is 0.473. The smallest absolute Gasteiger partial charge is 0.336 e. The Morgan fingerprint density at radius 3 is 2.07 bits per heavy atom. The average molecular weight is 392 g/mol. The van der Waals surface area contributed by atoms with Gasteiger partial charge in [-0.15, -0.1) is 16.4 Å². The number of H-pyrrole nitrogens is 1. The Morgan fingerprint density at radius 2 is 1.46 bits per heavy atom. The lowest BCUT2D eigenvalue weighted by Gasteiger charge is -2.05. The highest BCUT2D eigenvalue weighted by atomic mass is 32.1. The molecular weight excluding hydrogens is 380 g/mol. The van der Waals surface area contributed by atoms with Crippen LogP contribution in [0.15, 0.2) is 54.6 Å². The summed E-state index contributed by atoms with van der Waals surface area (Å²) in [5, 5.41) is 32.9. The maximum atomic E-state index is 11.7. The number of carbonyl (C=O) groups is 2. The van der Waals surface area contributed by atoms with Gasteiger partial charge < -0.3 is 10.2 Å². The number of carboxylic acid groups (broad SMARTS) is 2. The molecule has 2 aromatic heterocycles. The minimum atomic E-state index is -1.06. The molecule has 0 bridgehead atoms. The third kappa shape index (κ3) is 3.03. The first-order valence-corrected chi connectivity index (χ1v) is 8.91. The molecule has 0 saturated carbocycles. The molecule has 0 aliphatic rings. The molecule has 4 rings (SSSR count). The molecule has 0 spiro atoms. The van der Waals surface area contributed by atoms with Gasteiger partial charge in [-0.25, -0.2) is 14.7 Å². The number of carboxylic acids is 2. The predicted molar refractivity (Wildman–Crippen MR) is 102 cm³/mol. The van der Waals surface area contributed by atoms with E-state index in [0.717, 1.165) is 0 Å². The van der Waals surface area contributed by atoms with Crippen LogP contribution in [-0.2, 0) is 0 Å². The number of nitrogens with one attached hydrogen (secondary N) is 1. The zero-order chi connectivity index (χ0) is 19.7. The van der Waals surface area contributed by atoms with Crippen LogP contribution in [0.1, 0.15) is 20.7 Å². The fraction of sp³-hybridized carbons (Fsp3) is 0. The Balaban J connectivity index is 1.99. The third-order valence-electron chi connectivity index (χ3n) is 4.16. The normalized spacial score (nSPS) is 10.7. The summed E-state index contributed by atoms with van der Waals surface area (Å²) in [6, 6.07) is 15.0. The second-order valence-corrected chi connectivity index (χ2v) is 6.86. The van der Waals surface area contributed by atoms with E-state index in [2.05, 4.69) is 20.6 Å². The Bertz CT molecular complexity index is 1180. The number of hydrogen-bond donors (Lipinski definition) is 3. The van der Waals surface area contributed by atoms with E-state index >= 15 is 0 Å². The summed E-state index contributed by atoms with van der Waals surface area (Å²) in [7, 11) is 0. The van der Waals surface area contributed by atoms with E-state index in [1.807, 2.05) is 0 Å². The van der Waals surface area contributed by atoms with E-state index in [1.165, 1.54) is 23.5 Å². The minimum absolute atomic E-state index is 0.135. The number of rotatable bonds is 5. The topological polar surface area (TPSA) is 129 Å². The van der Waals surface area contributed by atoms with Crippen molar-refractivity contribution in [3.8, 4) is 32.3 Å². The van der Waals surface area contributed by atoms with Crippen LogP contribution in [0.5, 0.6) is 0 Å². The van der Waals surface area contributed by atoms with Gasteiger partial charge in [0.1, 0.15) is 0 Å². The third-order valence-corrected chi connectivity index (χ3v) is 5.36. The van der Waals surface area contributed by atoms with Gasteiger partial charge in [-0.3, -0.25) is 0 Å². The van der Waals surface area contributed by atoms with Gasteiger partial charge in [0.2, 0.25) is 0 Å². The molecule has 3 N–H and O–H groups in total. The molecule has 0 radical (unpaired) electrons. The van der Waals surface area contributed by atoms with Crippen molar-refractivity contribution in [3.63, 3.8) is 0 Å². The van der Waals surface area contributed by atoms with Gasteiger partial charge in [-0.05, 0) is 28.6 Å². The number of hydrogen-bond acceptors (Lipinski definition) is 6. The zero-order valence-electron chi connectivity index (χ0n) is 14.2. The second kappa shape index (κ2) is 7.05. The Hall–Kier alpha value is -3.85. The van der Waals surface area contributed by atoms with Crippen LogP contribution in [0.3, 0.4) is 0 Å². The summed E-state index contributed by atoms with van der Waals surface area (Å²) in [4.78, 5) is 24.6. The van der Waals surface area contributed by atoms with Crippen molar-refractivity contribution in [2.24, 2.45) is 0 Å².